The first kappa shape index (κ1) is 34.8. The highest BCUT2D eigenvalue weighted by atomic mass is 15.1. The van der Waals surface area contributed by atoms with Crippen molar-refractivity contribution in [1.29, 1.82) is 5.26 Å². The minimum absolute atomic E-state index is 0.632. The van der Waals surface area contributed by atoms with E-state index in [1.807, 2.05) is 24.3 Å². The van der Waals surface area contributed by atoms with E-state index in [1.54, 1.807) is 0 Å². The summed E-state index contributed by atoms with van der Waals surface area (Å²) >= 11 is 0. The predicted molar refractivity (Wildman–Crippen MR) is 258 cm³/mol. The molecule has 61 heavy (non-hydrogen) atoms. The van der Waals surface area contributed by atoms with Gasteiger partial charge in [0.25, 0.3) is 0 Å². The normalized spacial score (nSPS) is 11.7. The van der Waals surface area contributed by atoms with Crippen LogP contribution in [0.1, 0.15) is 11.1 Å². The molecule has 0 amide bonds. The summed E-state index contributed by atoms with van der Waals surface area (Å²) < 4.78 is 0. The fourth-order valence-electron chi connectivity index (χ4n) is 9.66. The van der Waals surface area contributed by atoms with Gasteiger partial charge in [0, 0.05) is 34.1 Å². The SMILES string of the molecule is Cc1ccc(N(c2cccc(-c3cccc(N(c4ccc(C#N)cc4)c4cc5ccc6cccc7ccc(c4)c5c67)c3)c2)c2cc3ccc4cccc5ccc(c2)c3c45)cc1. The van der Waals surface area contributed by atoms with E-state index in [1.165, 1.54) is 70.2 Å². The summed E-state index contributed by atoms with van der Waals surface area (Å²) in [7, 11) is 0. The van der Waals surface area contributed by atoms with Gasteiger partial charge in [-0.05, 0) is 168 Å². The molecule has 0 radical (unpaired) electrons. The van der Waals surface area contributed by atoms with Crippen molar-refractivity contribution < 1.29 is 0 Å². The van der Waals surface area contributed by atoms with Crippen molar-refractivity contribution in [3.63, 3.8) is 0 Å². The highest BCUT2D eigenvalue weighted by Gasteiger charge is 2.20. The van der Waals surface area contributed by atoms with Gasteiger partial charge in [0.05, 0.1) is 11.6 Å². The van der Waals surface area contributed by atoms with Gasteiger partial charge in [-0.1, -0.05) is 127 Å². The van der Waals surface area contributed by atoms with Crippen molar-refractivity contribution in [1.82, 2.24) is 0 Å². The Morgan fingerprint density at radius 1 is 0.311 bits per heavy atom. The molecule has 3 nitrogen and oxygen atoms in total. The van der Waals surface area contributed by atoms with Gasteiger partial charge in [0.15, 0.2) is 0 Å². The van der Waals surface area contributed by atoms with Crippen LogP contribution in [0.4, 0.5) is 34.1 Å². The number of rotatable bonds is 7. The fourth-order valence-corrected chi connectivity index (χ4v) is 9.66. The largest absolute Gasteiger partial charge is 0.310 e. The minimum atomic E-state index is 0.632. The number of anilines is 6. The smallest absolute Gasteiger partial charge is 0.0991 e. The van der Waals surface area contributed by atoms with E-state index < -0.39 is 0 Å². The molecule has 0 N–H and O–H groups in total. The first-order chi connectivity index (χ1) is 30.1. The molecule has 0 spiro atoms. The maximum Gasteiger partial charge on any atom is 0.0991 e. The van der Waals surface area contributed by atoms with Crippen molar-refractivity contribution in [3.8, 4) is 17.2 Å². The van der Waals surface area contributed by atoms with Gasteiger partial charge in [-0.2, -0.15) is 5.26 Å². The number of aryl methyl sites for hydroxylation is 1. The van der Waals surface area contributed by atoms with Crippen LogP contribution >= 0.6 is 0 Å². The third kappa shape index (κ3) is 5.73. The van der Waals surface area contributed by atoms with Crippen LogP contribution in [0.5, 0.6) is 0 Å². The van der Waals surface area contributed by atoms with Gasteiger partial charge in [-0.25, -0.2) is 0 Å². The lowest BCUT2D eigenvalue weighted by Gasteiger charge is -2.28. The van der Waals surface area contributed by atoms with E-state index in [9.17, 15) is 5.26 Å². The van der Waals surface area contributed by atoms with Crippen LogP contribution in [0.25, 0.3) is 75.8 Å². The van der Waals surface area contributed by atoms with E-state index in [4.69, 9.17) is 0 Å². The molecular formula is C58H37N3. The van der Waals surface area contributed by atoms with Crippen molar-refractivity contribution in [2.24, 2.45) is 0 Å². The summed E-state index contributed by atoms with van der Waals surface area (Å²) in [6.07, 6.45) is 0. The highest BCUT2D eigenvalue weighted by Crippen LogP contribution is 2.45. The highest BCUT2D eigenvalue weighted by molar-refractivity contribution is 6.25. The molecule has 0 saturated heterocycles. The lowest BCUT2D eigenvalue weighted by molar-refractivity contribution is 1.28. The zero-order valence-electron chi connectivity index (χ0n) is 33.5. The summed E-state index contributed by atoms with van der Waals surface area (Å²) in [5.74, 6) is 0. The molecule has 3 heteroatoms. The van der Waals surface area contributed by atoms with E-state index >= 15 is 0 Å². The summed E-state index contributed by atoms with van der Waals surface area (Å²) in [6, 6.07) is 77.1. The Morgan fingerprint density at radius 3 is 1.05 bits per heavy atom. The second-order valence-electron chi connectivity index (χ2n) is 16.2. The van der Waals surface area contributed by atoms with Gasteiger partial charge in [0.2, 0.25) is 0 Å². The predicted octanol–water partition coefficient (Wildman–Crippen LogP) is 16.3. The Labute approximate surface area is 353 Å². The van der Waals surface area contributed by atoms with Crippen LogP contribution in [0.15, 0.2) is 206 Å². The number of benzene rings is 12. The molecule has 0 atom stereocenters. The lowest BCUT2D eigenvalue weighted by Crippen LogP contribution is -2.11. The van der Waals surface area contributed by atoms with Gasteiger partial charge in [-0.3, -0.25) is 0 Å². The molecule has 284 valence electrons. The second-order valence-corrected chi connectivity index (χ2v) is 16.2. The first-order valence-electron chi connectivity index (χ1n) is 20.8. The van der Waals surface area contributed by atoms with E-state index in [-0.39, 0.29) is 0 Å². The maximum absolute atomic E-state index is 9.70. The van der Waals surface area contributed by atoms with E-state index in [0.29, 0.717) is 5.56 Å². The third-order valence-electron chi connectivity index (χ3n) is 12.5. The first-order valence-corrected chi connectivity index (χ1v) is 20.8. The van der Waals surface area contributed by atoms with E-state index in [2.05, 4.69) is 205 Å². The molecule has 0 heterocycles. The number of hydrogen-bond acceptors (Lipinski definition) is 3. The number of nitrogens with zero attached hydrogens (tertiary/aromatic N) is 3. The van der Waals surface area contributed by atoms with Crippen LogP contribution < -0.4 is 9.80 Å². The molecule has 0 aromatic heterocycles. The van der Waals surface area contributed by atoms with Crippen LogP contribution in [0.3, 0.4) is 0 Å². The van der Waals surface area contributed by atoms with Crippen LogP contribution in [-0.2, 0) is 0 Å². The third-order valence-corrected chi connectivity index (χ3v) is 12.5. The van der Waals surface area contributed by atoms with Crippen LogP contribution in [0, 0.1) is 18.3 Å². The Kier molecular flexibility index (Phi) is 7.82. The average Bonchev–Trinajstić information content (AvgIpc) is 3.31. The van der Waals surface area contributed by atoms with Crippen molar-refractivity contribution in [2.75, 3.05) is 9.80 Å². The molecule has 12 aromatic carbocycles. The Balaban J connectivity index is 0.998. The molecule has 0 saturated carbocycles. The Hall–Kier alpha value is -8.19. The average molecular weight is 776 g/mol. The molecule has 0 bridgehead atoms. The monoisotopic (exact) mass is 775 g/mol. The molecule has 0 unspecified atom stereocenters. The zero-order chi connectivity index (χ0) is 40.6. The molecular weight excluding hydrogens is 739 g/mol. The topological polar surface area (TPSA) is 30.3 Å². The molecule has 12 aromatic rings. The summed E-state index contributed by atoms with van der Waals surface area (Å²) in [6.45, 7) is 2.14. The summed E-state index contributed by atoms with van der Waals surface area (Å²) in [5.41, 5.74) is 10.4. The van der Waals surface area contributed by atoms with Gasteiger partial charge in [-0.15, -0.1) is 0 Å². The van der Waals surface area contributed by atoms with Crippen molar-refractivity contribution in [3.05, 3.63) is 217 Å². The molecule has 0 aliphatic rings. The van der Waals surface area contributed by atoms with E-state index in [0.717, 1.165) is 45.3 Å². The van der Waals surface area contributed by atoms with Gasteiger partial charge >= 0.3 is 0 Å². The number of hydrogen-bond donors (Lipinski definition) is 0. The maximum atomic E-state index is 9.70. The van der Waals surface area contributed by atoms with Crippen LogP contribution in [-0.4, -0.2) is 0 Å². The minimum Gasteiger partial charge on any atom is -0.310 e. The standard InChI is InChI=1S/C58H37N3/c1-37-14-26-49(27-15-37)60(53-32-45-22-18-39-6-2-7-40-19-23-46(33-53)57(45)55(39)40)51-12-4-10-43(30-51)44-11-5-13-52(31-44)61(50-28-16-38(36-59)17-29-50)54-34-47-24-20-41-8-3-9-42-21-25-48(35-54)58(47)56(41)42/h2-35H,1H3. The molecule has 0 aliphatic carbocycles. The lowest BCUT2D eigenvalue weighted by atomic mass is 9.93. The fraction of sp³-hybridized carbons (Fsp3) is 0.0172. The second kappa shape index (κ2) is 13.7. The molecule has 0 fully saturated rings. The molecule has 12 rings (SSSR count). The van der Waals surface area contributed by atoms with Crippen molar-refractivity contribution in [2.45, 2.75) is 6.92 Å². The van der Waals surface area contributed by atoms with Gasteiger partial charge in [0.1, 0.15) is 0 Å². The Bertz CT molecular complexity index is 3540. The quantitative estimate of drug-likeness (QED) is 0.151. The van der Waals surface area contributed by atoms with Gasteiger partial charge < -0.3 is 9.80 Å². The Morgan fingerprint density at radius 2 is 0.656 bits per heavy atom. The number of nitriles is 1. The summed E-state index contributed by atoms with van der Waals surface area (Å²) in [5, 5.41) is 24.8. The van der Waals surface area contributed by atoms with Crippen LogP contribution in [0.2, 0.25) is 0 Å². The van der Waals surface area contributed by atoms with Crippen molar-refractivity contribution >= 4 is 98.8 Å². The zero-order valence-corrected chi connectivity index (χ0v) is 33.5. The molecule has 0 aliphatic heterocycles. The summed E-state index contributed by atoms with van der Waals surface area (Å²) in [4.78, 5) is 4.69.